The fourth-order valence-corrected chi connectivity index (χ4v) is 3.44. The molecule has 2 N–H and O–H groups in total. The molecule has 0 saturated heterocycles. The van der Waals surface area contributed by atoms with E-state index in [0.29, 0.717) is 0 Å². The van der Waals surface area contributed by atoms with E-state index < -0.39 is 29.5 Å². The molecule has 2 aromatic carbocycles. The predicted molar refractivity (Wildman–Crippen MR) is 109 cm³/mol. The number of alkyl halides is 3. The van der Waals surface area contributed by atoms with Gasteiger partial charge >= 0.3 is 12.1 Å². The van der Waals surface area contributed by atoms with Crippen LogP contribution in [0.4, 0.5) is 24.5 Å². The van der Waals surface area contributed by atoms with Gasteiger partial charge in [0.05, 0.1) is 28.8 Å². The quantitative estimate of drug-likeness (QED) is 0.535. The van der Waals surface area contributed by atoms with Crippen molar-refractivity contribution in [1.82, 2.24) is 0 Å². The second-order valence-electron chi connectivity index (χ2n) is 6.19. The molecule has 1 heterocycles. The van der Waals surface area contributed by atoms with Gasteiger partial charge < -0.3 is 15.4 Å². The number of anilines is 2. The van der Waals surface area contributed by atoms with Gasteiger partial charge in [0.15, 0.2) is 0 Å². The standard InChI is InChI=1S/C21H15F3N2O4S/c1-30-20(29)17-10-9-16(31-17)19(28)26-15-8-3-2-7-14(15)18(27)25-13-6-4-5-12(11-13)21(22,23)24/h2-11H,1H3,(H,25,27)(H,26,28). The number of hydrogen-bond acceptors (Lipinski definition) is 5. The number of thiophene rings is 1. The smallest absolute Gasteiger partial charge is 0.416 e. The molecule has 160 valence electrons. The van der Waals surface area contributed by atoms with Crippen LogP contribution in [0.5, 0.6) is 0 Å². The van der Waals surface area contributed by atoms with E-state index in [-0.39, 0.29) is 26.7 Å². The minimum atomic E-state index is -4.55. The first kappa shape index (κ1) is 22.0. The Kier molecular flexibility index (Phi) is 6.40. The number of methoxy groups -OCH3 is 1. The zero-order valence-corrected chi connectivity index (χ0v) is 16.8. The summed E-state index contributed by atoms with van der Waals surface area (Å²) >= 11 is 0.920. The first-order chi connectivity index (χ1) is 14.7. The fraction of sp³-hybridized carbons (Fsp3) is 0.0952. The van der Waals surface area contributed by atoms with Crippen molar-refractivity contribution >= 4 is 40.5 Å². The topological polar surface area (TPSA) is 84.5 Å². The number of hydrogen-bond donors (Lipinski definition) is 2. The van der Waals surface area contributed by atoms with Crippen LogP contribution < -0.4 is 10.6 Å². The van der Waals surface area contributed by atoms with Crippen LogP contribution >= 0.6 is 11.3 Å². The van der Waals surface area contributed by atoms with Crippen molar-refractivity contribution in [3.05, 3.63) is 81.5 Å². The van der Waals surface area contributed by atoms with Crippen molar-refractivity contribution in [3.8, 4) is 0 Å². The number of carbonyl (C=O) groups excluding carboxylic acids is 3. The van der Waals surface area contributed by atoms with Gasteiger partial charge in [0, 0.05) is 5.69 Å². The molecule has 0 unspecified atom stereocenters. The molecular weight excluding hydrogens is 433 g/mol. The number of nitrogens with one attached hydrogen (secondary N) is 2. The molecule has 0 fully saturated rings. The average molecular weight is 448 g/mol. The molecule has 31 heavy (non-hydrogen) atoms. The van der Waals surface area contributed by atoms with Gasteiger partial charge in [0.1, 0.15) is 4.88 Å². The van der Waals surface area contributed by atoms with Crippen LogP contribution in [-0.4, -0.2) is 24.9 Å². The van der Waals surface area contributed by atoms with Crippen molar-refractivity contribution in [2.75, 3.05) is 17.7 Å². The summed E-state index contributed by atoms with van der Waals surface area (Å²) in [4.78, 5) is 37.2. The molecule has 3 rings (SSSR count). The molecule has 0 bridgehead atoms. The summed E-state index contributed by atoms with van der Waals surface area (Å²) < 4.78 is 43.3. The summed E-state index contributed by atoms with van der Waals surface area (Å²) in [5.74, 6) is -1.83. The molecule has 0 spiro atoms. The largest absolute Gasteiger partial charge is 0.465 e. The first-order valence-electron chi connectivity index (χ1n) is 8.76. The number of esters is 1. The number of rotatable bonds is 5. The van der Waals surface area contributed by atoms with Crippen LogP contribution in [0.3, 0.4) is 0 Å². The van der Waals surface area contributed by atoms with Crippen molar-refractivity contribution < 1.29 is 32.3 Å². The van der Waals surface area contributed by atoms with Crippen LogP contribution in [0, 0.1) is 0 Å². The summed E-state index contributed by atoms with van der Waals surface area (Å²) in [6.45, 7) is 0. The van der Waals surface area contributed by atoms with Crippen molar-refractivity contribution in [2.24, 2.45) is 0 Å². The molecule has 3 aromatic rings. The van der Waals surface area contributed by atoms with Gasteiger partial charge in [-0.05, 0) is 42.5 Å². The second kappa shape index (κ2) is 9.00. The lowest BCUT2D eigenvalue weighted by molar-refractivity contribution is -0.137. The number of para-hydroxylation sites is 1. The predicted octanol–water partition coefficient (Wildman–Crippen LogP) is 5.06. The lowest BCUT2D eigenvalue weighted by atomic mass is 10.1. The van der Waals surface area contributed by atoms with E-state index in [1.165, 1.54) is 43.5 Å². The van der Waals surface area contributed by atoms with E-state index in [1.807, 2.05) is 0 Å². The molecule has 0 atom stereocenters. The van der Waals surface area contributed by atoms with Gasteiger partial charge in [0.25, 0.3) is 11.8 Å². The molecule has 6 nitrogen and oxygen atoms in total. The summed E-state index contributed by atoms with van der Waals surface area (Å²) in [7, 11) is 1.22. The van der Waals surface area contributed by atoms with E-state index in [0.717, 1.165) is 23.5 Å². The molecule has 1 aromatic heterocycles. The van der Waals surface area contributed by atoms with Crippen molar-refractivity contribution in [1.29, 1.82) is 0 Å². The first-order valence-corrected chi connectivity index (χ1v) is 9.58. The Labute approximate surface area is 178 Å². The zero-order chi connectivity index (χ0) is 22.6. The molecule has 10 heteroatoms. The van der Waals surface area contributed by atoms with Gasteiger partial charge in [-0.1, -0.05) is 18.2 Å². The Bertz CT molecular complexity index is 1140. The lowest BCUT2D eigenvalue weighted by Gasteiger charge is -2.12. The van der Waals surface area contributed by atoms with Gasteiger partial charge in [-0.25, -0.2) is 4.79 Å². The maximum absolute atomic E-state index is 12.9. The molecule has 0 saturated carbocycles. The Hall–Kier alpha value is -3.66. The number of amides is 2. The van der Waals surface area contributed by atoms with Crippen LogP contribution in [0.15, 0.2) is 60.7 Å². The minimum Gasteiger partial charge on any atom is -0.465 e. The number of halogens is 3. The molecule has 0 aliphatic heterocycles. The molecule has 2 amide bonds. The maximum atomic E-state index is 12.9. The average Bonchev–Trinajstić information content (AvgIpc) is 3.23. The highest BCUT2D eigenvalue weighted by Gasteiger charge is 2.30. The van der Waals surface area contributed by atoms with E-state index in [2.05, 4.69) is 15.4 Å². The second-order valence-corrected chi connectivity index (χ2v) is 7.27. The molecule has 0 aliphatic carbocycles. The summed E-state index contributed by atoms with van der Waals surface area (Å²) in [5.41, 5.74) is -0.726. The SMILES string of the molecule is COC(=O)c1ccc(C(=O)Nc2ccccc2C(=O)Nc2cccc(C(F)(F)F)c2)s1. The highest BCUT2D eigenvalue weighted by Crippen LogP contribution is 2.31. The molecule has 0 aliphatic rings. The normalized spacial score (nSPS) is 11.0. The number of ether oxygens (including phenoxy) is 1. The van der Waals surface area contributed by atoms with E-state index in [9.17, 15) is 27.6 Å². The summed E-state index contributed by atoms with van der Waals surface area (Å²) in [5, 5.41) is 4.98. The summed E-state index contributed by atoms with van der Waals surface area (Å²) in [6.07, 6.45) is -4.55. The Morgan fingerprint density at radius 2 is 1.58 bits per heavy atom. The van der Waals surface area contributed by atoms with Crippen LogP contribution in [-0.2, 0) is 10.9 Å². The lowest BCUT2D eigenvalue weighted by Crippen LogP contribution is -2.18. The Balaban J connectivity index is 1.79. The van der Waals surface area contributed by atoms with E-state index in [1.54, 1.807) is 12.1 Å². The van der Waals surface area contributed by atoms with Crippen molar-refractivity contribution in [2.45, 2.75) is 6.18 Å². The van der Waals surface area contributed by atoms with E-state index in [4.69, 9.17) is 0 Å². The van der Waals surface area contributed by atoms with Crippen LogP contribution in [0.1, 0.15) is 35.3 Å². The van der Waals surface area contributed by atoms with Crippen LogP contribution in [0.2, 0.25) is 0 Å². The molecule has 0 radical (unpaired) electrons. The monoisotopic (exact) mass is 448 g/mol. The Morgan fingerprint density at radius 1 is 0.871 bits per heavy atom. The number of benzene rings is 2. The highest BCUT2D eigenvalue weighted by atomic mass is 32.1. The number of carbonyl (C=O) groups is 3. The van der Waals surface area contributed by atoms with Crippen LogP contribution in [0.25, 0.3) is 0 Å². The van der Waals surface area contributed by atoms with Gasteiger partial charge in [0.2, 0.25) is 0 Å². The van der Waals surface area contributed by atoms with Gasteiger partial charge in [-0.3, -0.25) is 9.59 Å². The maximum Gasteiger partial charge on any atom is 0.416 e. The fourth-order valence-electron chi connectivity index (χ4n) is 2.62. The van der Waals surface area contributed by atoms with Crippen molar-refractivity contribution in [3.63, 3.8) is 0 Å². The zero-order valence-electron chi connectivity index (χ0n) is 15.9. The highest BCUT2D eigenvalue weighted by molar-refractivity contribution is 7.16. The summed E-state index contributed by atoms with van der Waals surface area (Å²) in [6, 6.07) is 13.2. The Morgan fingerprint density at radius 3 is 2.29 bits per heavy atom. The third-order valence-corrected chi connectivity index (χ3v) is 5.15. The van der Waals surface area contributed by atoms with Gasteiger partial charge in [-0.2, -0.15) is 13.2 Å². The third-order valence-electron chi connectivity index (χ3n) is 4.08. The van der Waals surface area contributed by atoms with Gasteiger partial charge in [-0.15, -0.1) is 11.3 Å². The molecular formula is C21H15F3N2O4S. The minimum absolute atomic E-state index is 0.0399. The van der Waals surface area contributed by atoms with E-state index >= 15 is 0 Å². The third kappa shape index (κ3) is 5.28.